The summed E-state index contributed by atoms with van der Waals surface area (Å²) in [6.45, 7) is 3.99. The fraction of sp³-hybridized carbons (Fsp3) is 0.353. The standard InChI is InChI=1S/C17H20O3/c1-12(2)20-16-11-10-13-6-3-4-7-14(13)15(16)8-5-9-17(18)19/h3-4,6-7,10-12H,5,8-9H2,1-2H3,(H,18,19). The fourth-order valence-corrected chi connectivity index (χ4v) is 2.35. The van der Waals surface area contributed by atoms with Crippen LogP contribution in [-0.2, 0) is 11.2 Å². The molecule has 1 N–H and O–H groups in total. The normalized spacial score (nSPS) is 10.9. The predicted octanol–water partition coefficient (Wildman–Crippen LogP) is 4.03. The van der Waals surface area contributed by atoms with Crippen LogP contribution in [-0.4, -0.2) is 17.2 Å². The molecule has 0 aromatic heterocycles. The number of carboxylic acid groups (broad SMARTS) is 1. The number of hydrogen-bond acceptors (Lipinski definition) is 2. The molecule has 0 fully saturated rings. The van der Waals surface area contributed by atoms with Gasteiger partial charge in [0.2, 0.25) is 0 Å². The van der Waals surface area contributed by atoms with Crippen LogP contribution >= 0.6 is 0 Å². The Morgan fingerprint density at radius 1 is 1.20 bits per heavy atom. The number of hydrogen-bond donors (Lipinski definition) is 1. The van der Waals surface area contributed by atoms with Gasteiger partial charge in [0.15, 0.2) is 0 Å². The molecule has 3 heteroatoms. The van der Waals surface area contributed by atoms with E-state index in [9.17, 15) is 4.79 Å². The molecule has 2 rings (SSSR count). The summed E-state index contributed by atoms with van der Waals surface area (Å²) in [5.41, 5.74) is 1.11. The molecule has 0 saturated heterocycles. The summed E-state index contributed by atoms with van der Waals surface area (Å²) >= 11 is 0. The van der Waals surface area contributed by atoms with Crippen molar-refractivity contribution < 1.29 is 14.6 Å². The molecule has 0 atom stereocenters. The van der Waals surface area contributed by atoms with Gasteiger partial charge in [-0.15, -0.1) is 0 Å². The van der Waals surface area contributed by atoms with Crippen molar-refractivity contribution in [2.75, 3.05) is 0 Å². The second kappa shape index (κ2) is 6.42. The molecular weight excluding hydrogens is 252 g/mol. The molecule has 0 aliphatic heterocycles. The van der Waals surface area contributed by atoms with Crippen LogP contribution in [0.3, 0.4) is 0 Å². The van der Waals surface area contributed by atoms with E-state index in [1.807, 2.05) is 38.1 Å². The first-order valence-corrected chi connectivity index (χ1v) is 6.97. The molecule has 0 saturated carbocycles. The second-order valence-corrected chi connectivity index (χ2v) is 5.18. The molecule has 2 aromatic rings. The second-order valence-electron chi connectivity index (χ2n) is 5.18. The Balaban J connectivity index is 2.36. The molecule has 0 aliphatic rings. The lowest BCUT2D eigenvalue weighted by Gasteiger charge is -2.16. The molecule has 2 aromatic carbocycles. The highest BCUT2D eigenvalue weighted by molar-refractivity contribution is 5.87. The Bertz CT molecular complexity index is 602. The highest BCUT2D eigenvalue weighted by atomic mass is 16.5. The summed E-state index contributed by atoms with van der Waals surface area (Å²) < 4.78 is 5.86. The largest absolute Gasteiger partial charge is 0.491 e. The van der Waals surface area contributed by atoms with Gasteiger partial charge >= 0.3 is 5.97 Å². The number of aryl methyl sites for hydroxylation is 1. The SMILES string of the molecule is CC(C)Oc1ccc2ccccc2c1CCCC(=O)O. The minimum Gasteiger partial charge on any atom is -0.491 e. The van der Waals surface area contributed by atoms with Crippen LogP contribution in [0.2, 0.25) is 0 Å². The van der Waals surface area contributed by atoms with Gasteiger partial charge in [0.25, 0.3) is 0 Å². The van der Waals surface area contributed by atoms with Crippen molar-refractivity contribution in [3.05, 3.63) is 42.0 Å². The van der Waals surface area contributed by atoms with Gasteiger partial charge in [0, 0.05) is 12.0 Å². The van der Waals surface area contributed by atoms with Crippen molar-refractivity contribution in [2.24, 2.45) is 0 Å². The van der Waals surface area contributed by atoms with E-state index in [0.29, 0.717) is 6.42 Å². The van der Waals surface area contributed by atoms with E-state index in [2.05, 4.69) is 12.1 Å². The predicted molar refractivity (Wildman–Crippen MR) is 80.3 cm³/mol. The summed E-state index contributed by atoms with van der Waals surface area (Å²) in [6, 6.07) is 12.2. The van der Waals surface area contributed by atoms with Crippen LogP contribution in [0.1, 0.15) is 32.3 Å². The minimum absolute atomic E-state index is 0.106. The van der Waals surface area contributed by atoms with E-state index in [1.165, 1.54) is 0 Å². The Morgan fingerprint density at radius 2 is 1.95 bits per heavy atom. The molecule has 0 aliphatic carbocycles. The Hall–Kier alpha value is -2.03. The number of carbonyl (C=O) groups is 1. The molecule has 106 valence electrons. The molecule has 0 unspecified atom stereocenters. The number of carboxylic acids is 1. The van der Waals surface area contributed by atoms with Crippen molar-refractivity contribution in [3.8, 4) is 5.75 Å². The topological polar surface area (TPSA) is 46.5 Å². The summed E-state index contributed by atoms with van der Waals surface area (Å²) in [5, 5.41) is 11.1. The lowest BCUT2D eigenvalue weighted by atomic mass is 9.99. The maximum absolute atomic E-state index is 10.7. The zero-order valence-electron chi connectivity index (χ0n) is 11.9. The zero-order valence-corrected chi connectivity index (χ0v) is 11.9. The molecule has 0 bridgehead atoms. The average Bonchev–Trinajstić information content (AvgIpc) is 2.40. The van der Waals surface area contributed by atoms with Crippen LogP contribution in [0.5, 0.6) is 5.75 Å². The zero-order chi connectivity index (χ0) is 14.5. The van der Waals surface area contributed by atoms with E-state index in [0.717, 1.165) is 28.5 Å². The van der Waals surface area contributed by atoms with Gasteiger partial charge < -0.3 is 9.84 Å². The monoisotopic (exact) mass is 272 g/mol. The molecule has 3 nitrogen and oxygen atoms in total. The number of rotatable bonds is 6. The van der Waals surface area contributed by atoms with Crippen LogP contribution in [0.15, 0.2) is 36.4 Å². The molecular formula is C17H20O3. The van der Waals surface area contributed by atoms with E-state index >= 15 is 0 Å². The third-order valence-corrected chi connectivity index (χ3v) is 3.18. The summed E-state index contributed by atoms with van der Waals surface area (Å²) in [6.07, 6.45) is 1.63. The number of fused-ring (bicyclic) bond motifs is 1. The Morgan fingerprint density at radius 3 is 2.65 bits per heavy atom. The highest BCUT2D eigenvalue weighted by Crippen LogP contribution is 2.30. The van der Waals surface area contributed by atoms with Gasteiger partial charge in [0.05, 0.1) is 6.10 Å². The molecule has 20 heavy (non-hydrogen) atoms. The van der Waals surface area contributed by atoms with Gasteiger partial charge in [0.1, 0.15) is 5.75 Å². The smallest absolute Gasteiger partial charge is 0.303 e. The molecule has 0 radical (unpaired) electrons. The first-order valence-electron chi connectivity index (χ1n) is 6.97. The lowest BCUT2D eigenvalue weighted by Crippen LogP contribution is -2.08. The van der Waals surface area contributed by atoms with Crippen LogP contribution < -0.4 is 4.74 Å². The van der Waals surface area contributed by atoms with Crippen molar-refractivity contribution in [2.45, 2.75) is 39.2 Å². The Kier molecular flexibility index (Phi) is 4.61. The number of ether oxygens (including phenoxy) is 1. The van der Waals surface area contributed by atoms with Crippen LogP contribution in [0.25, 0.3) is 10.8 Å². The third kappa shape index (κ3) is 3.50. The van der Waals surface area contributed by atoms with E-state index in [1.54, 1.807) is 0 Å². The van der Waals surface area contributed by atoms with Gasteiger partial charge in [-0.2, -0.15) is 0 Å². The third-order valence-electron chi connectivity index (χ3n) is 3.18. The molecule has 0 heterocycles. The fourth-order valence-electron chi connectivity index (χ4n) is 2.35. The first-order chi connectivity index (χ1) is 9.58. The maximum Gasteiger partial charge on any atom is 0.303 e. The van der Waals surface area contributed by atoms with Crippen molar-refractivity contribution >= 4 is 16.7 Å². The van der Waals surface area contributed by atoms with E-state index < -0.39 is 5.97 Å². The van der Waals surface area contributed by atoms with Gasteiger partial charge in [-0.3, -0.25) is 4.79 Å². The first kappa shape index (κ1) is 14.4. The average molecular weight is 272 g/mol. The number of aliphatic carboxylic acids is 1. The Labute approximate surface area is 119 Å². The summed E-state index contributed by atoms with van der Waals surface area (Å²) in [4.78, 5) is 10.7. The van der Waals surface area contributed by atoms with Gasteiger partial charge in [-0.1, -0.05) is 30.3 Å². The minimum atomic E-state index is -0.753. The molecule has 0 amide bonds. The highest BCUT2D eigenvalue weighted by Gasteiger charge is 2.10. The quantitative estimate of drug-likeness (QED) is 0.863. The maximum atomic E-state index is 10.7. The van der Waals surface area contributed by atoms with Crippen molar-refractivity contribution in [3.63, 3.8) is 0 Å². The summed E-state index contributed by atoms with van der Waals surface area (Å²) in [5.74, 6) is 0.112. The van der Waals surface area contributed by atoms with Crippen molar-refractivity contribution in [1.29, 1.82) is 0 Å². The molecule has 0 spiro atoms. The van der Waals surface area contributed by atoms with Gasteiger partial charge in [-0.05, 0) is 43.5 Å². The van der Waals surface area contributed by atoms with Crippen LogP contribution in [0, 0.1) is 0 Å². The summed E-state index contributed by atoms with van der Waals surface area (Å²) in [7, 11) is 0. The lowest BCUT2D eigenvalue weighted by molar-refractivity contribution is -0.137. The van der Waals surface area contributed by atoms with Crippen molar-refractivity contribution in [1.82, 2.24) is 0 Å². The van der Waals surface area contributed by atoms with E-state index in [4.69, 9.17) is 9.84 Å². The van der Waals surface area contributed by atoms with Gasteiger partial charge in [-0.25, -0.2) is 0 Å². The van der Waals surface area contributed by atoms with E-state index in [-0.39, 0.29) is 12.5 Å². The number of benzene rings is 2. The van der Waals surface area contributed by atoms with Crippen LogP contribution in [0.4, 0.5) is 0 Å².